The van der Waals surface area contributed by atoms with Gasteiger partial charge in [-0.2, -0.15) is 0 Å². The topological polar surface area (TPSA) is 38.9 Å². The third-order valence-electron chi connectivity index (χ3n) is 2.85. The summed E-state index contributed by atoms with van der Waals surface area (Å²) in [5.41, 5.74) is 2.80. The summed E-state index contributed by atoms with van der Waals surface area (Å²) in [7, 11) is 0. The number of fused-ring (bicyclic) bond motifs is 2. The monoisotopic (exact) mass is 232 g/mol. The minimum atomic E-state index is 0.407. The molecule has 2 heterocycles. The molecule has 0 radical (unpaired) electrons. The molecule has 1 aromatic carbocycles. The van der Waals surface area contributed by atoms with Gasteiger partial charge in [0.05, 0.1) is 5.52 Å². The van der Waals surface area contributed by atoms with Crippen LogP contribution in [-0.2, 0) is 0 Å². The number of aromatic nitrogens is 2. The number of benzene rings is 1. The number of rotatable bonds is 0. The minimum Gasteiger partial charge on any atom is -0.461 e. The Bertz CT molecular complexity index is 703. The van der Waals surface area contributed by atoms with Gasteiger partial charge in [0.15, 0.2) is 5.15 Å². The van der Waals surface area contributed by atoms with Gasteiger partial charge in [-0.05, 0) is 31.5 Å². The molecule has 0 saturated heterocycles. The second kappa shape index (κ2) is 3.19. The third-order valence-corrected chi connectivity index (χ3v) is 3.04. The van der Waals surface area contributed by atoms with Gasteiger partial charge in [0, 0.05) is 16.8 Å². The van der Waals surface area contributed by atoms with Crippen molar-refractivity contribution in [1.82, 2.24) is 10.2 Å². The Morgan fingerprint density at radius 3 is 2.75 bits per heavy atom. The molecule has 0 N–H and O–H groups in total. The largest absolute Gasteiger partial charge is 0.461 e. The molecule has 16 heavy (non-hydrogen) atoms. The highest BCUT2D eigenvalue weighted by atomic mass is 35.5. The van der Waals surface area contributed by atoms with E-state index in [0.717, 1.165) is 33.2 Å². The van der Waals surface area contributed by atoms with Gasteiger partial charge in [0.2, 0.25) is 0 Å². The van der Waals surface area contributed by atoms with Gasteiger partial charge in [0.1, 0.15) is 11.3 Å². The maximum absolute atomic E-state index is 5.82. The second-order valence-corrected chi connectivity index (χ2v) is 4.24. The lowest BCUT2D eigenvalue weighted by molar-refractivity contribution is 0.575. The third kappa shape index (κ3) is 1.28. The maximum atomic E-state index is 5.82. The number of hydrogen-bond donors (Lipinski definition) is 0. The summed E-state index contributed by atoms with van der Waals surface area (Å²) in [6, 6.07) is 5.75. The number of aryl methyl sites for hydroxylation is 2. The lowest BCUT2D eigenvalue weighted by Crippen LogP contribution is -1.84. The molecule has 4 heteroatoms. The number of halogens is 1. The highest BCUT2D eigenvalue weighted by Gasteiger charge is 2.09. The maximum Gasteiger partial charge on any atom is 0.152 e. The van der Waals surface area contributed by atoms with E-state index in [0.29, 0.717) is 5.15 Å². The van der Waals surface area contributed by atoms with Crippen LogP contribution in [0.15, 0.2) is 22.6 Å². The lowest BCUT2D eigenvalue weighted by atomic mass is 10.1. The Morgan fingerprint density at radius 2 is 1.94 bits per heavy atom. The van der Waals surface area contributed by atoms with Crippen molar-refractivity contribution in [1.29, 1.82) is 0 Å². The Kier molecular flexibility index (Phi) is 1.91. The van der Waals surface area contributed by atoms with Crippen LogP contribution in [0.25, 0.3) is 21.9 Å². The average molecular weight is 233 g/mol. The molecule has 80 valence electrons. The van der Waals surface area contributed by atoms with Crippen LogP contribution in [0.2, 0.25) is 5.15 Å². The van der Waals surface area contributed by atoms with E-state index >= 15 is 0 Å². The summed E-state index contributed by atoms with van der Waals surface area (Å²) in [5, 5.41) is 10.3. The zero-order valence-electron chi connectivity index (χ0n) is 8.91. The summed E-state index contributed by atoms with van der Waals surface area (Å²) in [6.45, 7) is 4.00. The predicted octanol–water partition coefficient (Wildman–Crippen LogP) is 3.65. The standard InChI is InChI=1S/C12H9ClN2O/c1-6-7(2)16-11-5-10-8(3-9(6)11)4-12(13)15-14-10/h3-5H,1-2H3. The zero-order chi connectivity index (χ0) is 11.3. The number of nitrogens with zero attached hydrogens (tertiary/aromatic N) is 2. The van der Waals surface area contributed by atoms with Gasteiger partial charge in [-0.3, -0.25) is 0 Å². The Morgan fingerprint density at radius 1 is 1.12 bits per heavy atom. The van der Waals surface area contributed by atoms with E-state index < -0.39 is 0 Å². The van der Waals surface area contributed by atoms with Gasteiger partial charge in [-0.1, -0.05) is 11.6 Å². The van der Waals surface area contributed by atoms with Crippen LogP contribution in [0.5, 0.6) is 0 Å². The molecule has 0 bridgehead atoms. The summed E-state index contributed by atoms with van der Waals surface area (Å²) >= 11 is 5.82. The van der Waals surface area contributed by atoms with E-state index in [2.05, 4.69) is 10.2 Å². The van der Waals surface area contributed by atoms with Crippen LogP contribution in [0.1, 0.15) is 11.3 Å². The van der Waals surface area contributed by atoms with Crippen molar-refractivity contribution in [3.63, 3.8) is 0 Å². The van der Waals surface area contributed by atoms with Crippen LogP contribution in [0, 0.1) is 13.8 Å². The van der Waals surface area contributed by atoms with Gasteiger partial charge < -0.3 is 4.42 Å². The molecule has 0 spiro atoms. The van der Waals surface area contributed by atoms with Gasteiger partial charge in [-0.25, -0.2) is 0 Å². The van der Waals surface area contributed by atoms with Crippen LogP contribution >= 0.6 is 11.6 Å². The number of hydrogen-bond acceptors (Lipinski definition) is 3. The van der Waals surface area contributed by atoms with Crippen molar-refractivity contribution >= 4 is 33.5 Å². The summed E-state index contributed by atoms with van der Waals surface area (Å²) in [4.78, 5) is 0. The van der Waals surface area contributed by atoms with Crippen LogP contribution in [0.3, 0.4) is 0 Å². The molecule has 0 aliphatic rings. The van der Waals surface area contributed by atoms with Crippen LogP contribution < -0.4 is 0 Å². The first-order valence-corrected chi connectivity index (χ1v) is 5.35. The van der Waals surface area contributed by atoms with Crippen LogP contribution in [-0.4, -0.2) is 10.2 Å². The lowest BCUT2D eigenvalue weighted by Gasteiger charge is -1.97. The van der Waals surface area contributed by atoms with Crippen molar-refractivity contribution in [2.75, 3.05) is 0 Å². The summed E-state index contributed by atoms with van der Waals surface area (Å²) < 4.78 is 5.64. The molecule has 0 fully saturated rings. The van der Waals surface area contributed by atoms with E-state index in [1.54, 1.807) is 0 Å². The fourth-order valence-corrected chi connectivity index (χ4v) is 2.01. The molecule has 0 unspecified atom stereocenters. The van der Waals surface area contributed by atoms with Crippen molar-refractivity contribution in [2.45, 2.75) is 13.8 Å². The average Bonchev–Trinajstić information content (AvgIpc) is 2.52. The smallest absolute Gasteiger partial charge is 0.152 e. The van der Waals surface area contributed by atoms with Crippen molar-refractivity contribution in [3.05, 3.63) is 34.7 Å². The van der Waals surface area contributed by atoms with Gasteiger partial charge >= 0.3 is 0 Å². The number of furan rings is 1. The highest BCUT2D eigenvalue weighted by Crippen LogP contribution is 2.28. The molecular formula is C12H9ClN2O. The van der Waals surface area contributed by atoms with E-state index in [1.807, 2.05) is 32.0 Å². The molecule has 3 nitrogen and oxygen atoms in total. The molecule has 0 aliphatic carbocycles. The van der Waals surface area contributed by atoms with Crippen LogP contribution in [0.4, 0.5) is 0 Å². The molecule has 0 atom stereocenters. The van der Waals surface area contributed by atoms with Gasteiger partial charge in [-0.15, -0.1) is 10.2 Å². The molecule has 3 aromatic rings. The Labute approximate surface area is 97.0 Å². The van der Waals surface area contributed by atoms with Gasteiger partial charge in [0.25, 0.3) is 0 Å². The van der Waals surface area contributed by atoms with E-state index in [9.17, 15) is 0 Å². The first-order chi connectivity index (χ1) is 7.65. The fourth-order valence-electron chi connectivity index (χ4n) is 1.86. The predicted molar refractivity (Wildman–Crippen MR) is 63.8 cm³/mol. The fraction of sp³-hybridized carbons (Fsp3) is 0.167. The molecular weight excluding hydrogens is 224 g/mol. The quantitative estimate of drug-likeness (QED) is 0.594. The minimum absolute atomic E-state index is 0.407. The molecule has 0 saturated carbocycles. The molecule has 3 rings (SSSR count). The normalized spacial score (nSPS) is 11.4. The van der Waals surface area contributed by atoms with E-state index in [1.165, 1.54) is 0 Å². The first kappa shape index (κ1) is 9.60. The zero-order valence-corrected chi connectivity index (χ0v) is 9.67. The van der Waals surface area contributed by atoms with E-state index in [4.69, 9.17) is 16.0 Å². The van der Waals surface area contributed by atoms with Crippen molar-refractivity contribution in [2.24, 2.45) is 0 Å². The summed E-state index contributed by atoms with van der Waals surface area (Å²) in [6.07, 6.45) is 0. The Hall–Kier alpha value is -1.61. The second-order valence-electron chi connectivity index (χ2n) is 3.86. The molecule has 0 aliphatic heterocycles. The van der Waals surface area contributed by atoms with Crippen molar-refractivity contribution in [3.8, 4) is 0 Å². The summed E-state index contributed by atoms with van der Waals surface area (Å²) in [5.74, 6) is 0.935. The Balaban J connectivity index is 2.49. The van der Waals surface area contributed by atoms with Crippen molar-refractivity contribution < 1.29 is 4.42 Å². The first-order valence-electron chi connectivity index (χ1n) is 4.98. The SMILES string of the molecule is Cc1oc2cc3nnc(Cl)cc3cc2c1C. The molecule has 2 aromatic heterocycles. The van der Waals surface area contributed by atoms with E-state index in [-0.39, 0.29) is 0 Å². The highest BCUT2D eigenvalue weighted by molar-refractivity contribution is 6.30. The molecule has 0 amide bonds.